The zero-order chi connectivity index (χ0) is 24.3. The third kappa shape index (κ3) is 5.68. The van der Waals surface area contributed by atoms with Gasteiger partial charge in [-0.2, -0.15) is 13.2 Å². The molecule has 2 aliphatic rings. The highest BCUT2D eigenvalue weighted by molar-refractivity contribution is 5.89. The topological polar surface area (TPSA) is 73.4 Å². The minimum Gasteiger partial charge on any atom is -0.356 e. The quantitative estimate of drug-likeness (QED) is 0.602. The molecule has 0 aromatic carbocycles. The van der Waals surface area contributed by atoms with Crippen molar-refractivity contribution < 1.29 is 22.4 Å². The molecular weight excluding hydrogens is 452 g/mol. The van der Waals surface area contributed by atoms with E-state index in [9.17, 15) is 22.4 Å². The lowest BCUT2D eigenvalue weighted by atomic mass is 9.99. The predicted molar refractivity (Wildman–Crippen MR) is 121 cm³/mol. The van der Waals surface area contributed by atoms with Gasteiger partial charge in [-0.15, -0.1) is 0 Å². The van der Waals surface area contributed by atoms with Crippen LogP contribution in [0.2, 0.25) is 0 Å². The van der Waals surface area contributed by atoms with Crippen LogP contribution in [-0.4, -0.2) is 42.2 Å². The van der Waals surface area contributed by atoms with E-state index in [2.05, 4.69) is 27.5 Å². The maximum absolute atomic E-state index is 14.4. The van der Waals surface area contributed by atoms with Gasteiger partial charge in [0, 0.05) is 44.4 Å². The Morgan fingerprint density at radius 1 is 1.09 bits per heavy atom. The molecule has 184 valence electrons. The van der Waals surface area contributed by atoms with Crippen LogP contribution in [0.5, 0.6) is 0 Å². The molecule has 2 saturated heterocycles. The second-order valence-electron chi connectivity index (χ2n) is 8.88. The van der Waals surface area contributed by atoms with Crippen LogP contribution in [0.15, 0.2) is 24.4 Å². The van der Waals surface area contributed by atoms with Gasteiger partial charge in [0.2, 0.25) is 0 Å². The summed E-state index contributed by atoms with van der Waals surface area (Å²) in [5.41, 5.74) is -0.297. The summed E-state index contributed by atoms with van der Waals surface area (Å²) in [5, 5.41) is 5.15. The number of carbonyl (C=O) groups is 1. The van der Waals surface area contributed by atoms with E-state index in [1.54, 1.807) is 0 Å². The summed E-state index contributed by atoms with van der Waals surface area (Å²) in [7, 11) is 0. The monoisotopic (exact) mass is 480 g/mol. The minimum atomic E-state index is -4.56. The molecule has 2 N–H and O–H groups in total. The van der Waals surface area contributed by atoms with Crippen LogP contribution in [0.1, 0.15) is 43.9 Å². The van der Waals surface area contributed by atoms with Crippen LogP contribution in [0.25, 0.3) is 0 Å². The van der Waals surface area contributed by atoms with E-state index < -0.39 is 23.7 Å². The Bertz CT molecular complexity index is 1020. The number of hydrogen-bond acceptors (Lipinski definition) is 5. The van der Waals surface area contributed by atoms with Crippen molar-refractivity contribution in [3.63, 3.8) is 0 Å². The molecular formula is C23H28F4N6O. The molecule has 0 spiro atoms. The SMILES string of the molecule is CC1CCN(c2nc(C(F)(F)F)ccc2CNC(=O)Nc2cnc(N3CCCC3)c(F)c2)CC1. The lowest BCUT2D eigenvalue weighted by Crippen LogP contribution is -2.35. The number of pyridine rings is 2. The molecule has 2 aliphatic heterocycles. The molecule has 0 unspecified atom stereocenters. The van der Waals surface area contributed by atoms with Gasteiger partial charge in [0.15, 0.2) is 11.6 Å². The first-order valence-electron chi connectivity index (χ1n) is 11.5. The molecule has 11 heteroatoms. The first-order chi connectivity index (χ1) is 16.2. The van der Waals surface area contributed by atoms with Crippen molar-refractivity contribution in [3.8, 4) is 0 Å². The second kappa shape index (κ2) is 10.0. The molecule has 2 amide bonds. The van der Waals surface area contributed by atoms with Crippen LogP contribution in [0.4, 0.5) is 39.7 Å². The van der Waals surface area contributed by atoms with Gasteiger partial charge in [0.1, 0.15) is 11.5 Å². The number of piperidine rings is 1. The molecule has 4 rings (SSSR count). The van der Waals surface area contributed by atoms with E-state index >= 15 is 0 Å². The van der Waals surface area contributed by atoms with Gasteiger partial charge in [0.25, 0.3) is 0 Å². The number of rotatable bonds is 5. The lowest BCUT2D eigenvalue weighted by molar-refractivity contribution is -0.141. The second-order valence-corrected chi connectivity index (χ2v) is 8.88. The molecule has 0 aliphatic carbocycles. The van der Waals surface area contributed by atoms with E-state index in [-0.39, 0.29) is 23.9 Å². The Balaban J connectivity index is 1.43. The van der Waals surface area contributed by atoms with Crippen molar-refractivity contribution in [2.24, 2.45) is 5.92 Å². The Labute approximate surface area is 195 Å². The predicted octanol–water partition coefficient (Wildman–Crippen LogP) is 4.79. The molecule has 0 radical (unpaired) electrons. The van der Waals surface area contributed by atoms with Crippen molar-refractivity contribution >= 4 is 23.4 Å². The molecule has 4 heterocycles. The van der Waals surface area contributed by atoms with E-state index in [4.69, 9.17) is 0 Å². The van der Waals surface area contributed by atoms with E-state index in [1.807, 2.05) is 9.80 Å². The number of amides is 2. The van der Waals surface area contributed by atoms with Crippen LogP contribution >= 0.6 is 0 Å². The summed E-state index contributed by atoms with van der Waals surface area (Å²) in [6.45, 7) is 4.78. The number of nitrogens with one attached hydrogen (secondary N) is 2. The molecule has 0 saturated carbocycles. The smallest absolute Gasteiger partial charge is 0.356 e. The fraction of sp³-hybridized carbons (Fsp3) is 0.522. The fourth-order valence-electron chi connectivity index (χ4n) is 4.28. The molecule has 2 aromatic heterocycles. The maximum atomic E-state index is 14.4. The van der Waals surface area contributed by atoms with Crippen molar-refractivity contribution in [2.45, 2.75) is 45.3 Å². The summed E-state index contributed by atoms with van der Waals surface area (Å²) in [6, 6.07) is 2.85. The number of carbonyl (C=O) groups excluding carboxylic acids is 1. The van der Waals surface area contributed by atoms with Gasteiger partial charge in [-0.25, -0.2) is 19.2 Å². The Morgan fingerprint density at radius 3 is 2.41 bits per heavy atom. The molecule has 7 nitrogen and oxygen atoms in total. The Morgan fingerprint density at radius 2 is 1.76 bits per heavy atom. The number of halogens is 4. The van der Waals surface area contributed by atoms with Crippen molar-refractivity contribution in [2.75, 3.05) is 41.3 Å². The minimum absolute atomic E-state index is 0.0276. The standard InChI is InChI=1S/C23H28F4N6O/c1-15-6-10-33(11-7-15)20-16(4-5-19(31-20)23(25,26)27)13-29-22(34)30-17-12-18(24)21(28-14-17)32-8-2-3-9-32/h4-5,12,14-15H,2-3,6-11,13H2,1H3,(H2,29,30,34). The van der Waals surface area contributed by atoms with Gasteiger partial charge in [0.05, 0.1) is 11.9 Å². The largest absolute Gasteiger partial charge is 0.433 e. The summed E-state index contributed by atoms with van der Waals surface area (Å²) in [4.78, 5) is 24.1. The highest BCUT2D eigenvalue weighted by Crippen LogP contribution is 2.32. The summed E-state index contributed by atoms with van der Waals surface area (Å²) in [6.07, 6.45) is 0.520. The lowest BCUT2D eigenvalue weighted by Gasteiger charge is -2.33. The number of urea groups is 1. The van der Waals surface area contributed by atoms with Gasteiger partial charge in [-0.05, 0) is 37.7 Å². The van der Waals surface area contributed by atoms with E-state index in [0.717, 1.165) is 44.8 Å². The number of anilines is 3. The van der Waals surface area contributed by atoms with Crippen molar-refractivity contribution in [1.29, 1.82) is 0 Å². The number of nitrogens with zero attached hydrogens (tertiary/aromatic N) is 4. The molecule has 2 aromatic rings. The van der Waals surface area contributed by atoms with Gasteiger partial charge in [-0.1, -0.05) is 13.0 Å². The van der Waals surface area contributed by atoms with Crippen LogP contribution in [0.3, 0.4) is 0 Å². The van der Waals surface area contributed by atoms with Crippen LogP contribution < -0.4 is 20.4 Å². The van der Waals surface area contributed by atoms with Gasteiger partial charge in [-0.3, -0.25) is 0 Å². The van der Waals surface area contributed by atoms with E-state index in [0.29, 0.717) is 24.6 Å². The van der Waals surface area contributed by atoms with Crippen molar-refractivity contribution in [1.82, 2.24) is 15.3 Å². The third-order valence-corrected chi connectivity index (χ3v) is 6.25. The van der Waals surface area contributed by atoms with Gasteiger partial charge >= 0.3 is 12.2 Å². The molecule has 0 atom stereocenters. The first kappa shape index (κ1) is 24.0. The van der Waals surface area contributed by atoms with E-state index in [1.165, 1.54) is 18.3 Å². The maximum Gasteiger partial charge on any atom is 0.433 e. The van der Waals surface area contributed by atoms with Crippen LogP contribution in [0, 0.1) is 11.7 Å². The average Bonchev–Trinajstić information content (AvgIpc) is 3.32. The number of hydrogen-bond donors (Lipinski definition) is 2. The van der Waals surface area contributed by atoms with Gasteiger partial charge < -0.3 is 20.4 Å². The highest BCUT2D eigenvalue weighted by Gasteiger charge is 2.34. The zero-order valence-electron chi connectivity index (χ0n) is 19.0. The Kier molecular flexibility index (Phi) is 7.08. The zero-order valence-corrected chi connectivity index (χ0v) is 19.0. The molecule has 2 fully saturated rings. The number of alkyl halides is 3. The molecule has 34 heavy (non-hydrogen) atoms. The number of aromatic nitrogens is 2. The molecule has 0 bridgehead atoms. The first-order valence-corrected chi connectivity index (χ1v) is 11.5. The average molecular weight is 481 g/mol. The van der Waals surface area contributed by atoms with Crippen LogP contribution in [-0.2, 0) is 12.7 Å². The summed E-state index contributed by atoms with van der Waals surface area (Å²) < 4.78 is 54.2. The summed E-state index contributed by atoms with van der Waals surface area (Å²) >= 11 is 0. The summed E-state index contributed by atoms with van der Waals surface area (Å²) in [5.74, 6) is 0.470. The third-order valence-electron chi connectivity index (χ3n) is 6.25. The fourth-order valence-corrected chi connectivity index (χ4v) is 4.28. The highest BCUT2D eigenvalue weighted by atomic mass is 19.4. The van der Waals surface area contributed by atoms with Crippen molar-refractivity contribution in [3.05, 3.63) is 41.5 Å². The Hall–Kier alpha value is -3.11. The normalized spacial score (nSPS) is 17.2.